The summed E-state index contributed by atoms with van der Waals surface area (Å²) in [6.07, 6.45) is 3.89. The number of nitrogens with zero attached hydrogens (tertiary/aromatic N) is 3. The molecule has 0 saturated carbocycles. The first-order chi connectivity index (χ1) is 11.2. The van der Waals surface area contributed by atoms with Gasteiger partial charge in [0.25, 0.3) is 0 Å². The van der Waals surface area contributed by atoms with Crippen LogP contribution in [0.4, 0.5) is 0 Å². The van der Waals surface area contributed by atoms with Gasteiger partial charge in [-0.3, -0.25) is 4.90 Å². The number of aryl methyl sites for hydroxylation is 1. The van der Waals surface area contributed by atoms with Crippen molar-refractivity contribution in [3.63, 3.8) is 0 Å². The van der Waals surface area contributed by atoms with E-state index in [1.165, 1.54) is 4.88 Å². The lowest BCUT2D eigenvalue weighted by atomic mass is 9.98. The number of hydrogen-bond donors (Lipinski definition) is 0. The fourth-order valence-corrected chi connectivity index (χ4v) is 4.31. The van der Waals surface area contributed by atoms with E-state index in [-0.39, 0.29) is 11.7 Å². The monoisotopic (exact) mass is 331 g/mol. The number of thiazole rings is 1. The zero-order valence-corrected chi connectivity index (χ0v) is 14.1. The van der Waals surface area contributed by atoms with Crippen molar-refractivity contribution in [1.82, 2.24) is 14.9 Å². The summed E-state index contributed by atoms with van der Waals surface area (Å²) < 4.78 is 12.1. The molecule has 0 N–H and O–H groups in total. The number of pyridine rings is 1. The van der Waals surface area contributed by atoms with E-state index in [0.29, 0.717) is 12.5 Å². The molecule has 1 spiro atoms. The molecule has 23 heavy (non-hydrogen) atoms. The van der Waals surface area contributed by atoms with Gasteiger partial charge in [0.15, 0.2) is 0 Å². The Balaban J connectivity index is 1.35. The third-order valence-electron chi connectivity index (χ3n) is 4.71. The number of ether oxygens (including phenoxy) is 2. The Morgan fingerprint density at radius 1 is 1.43 bits per heavy atom. The highest BCUT2D eigenvalue weighted by atomic mass is 32.1. The van der Waals surface area contributed by atoms with Crippen molar-refractivity contribution >= 4 is 11.3 Å². The smallest absolute Gasteiger partial charge is 0.213 e. The fourth-order valence-electron chi connectivity index (χ4n) is 3.49. The van der Waals surface area contributed by atoms with Gasteiger partial charge in [-0.05, 0) is 19.4 Å². The summed E-state index contributed by atoms with van der Waals surface area (Å²) in [6.45, 7) is 5.78. The van der Waals surface area contributed by atoms with Crippen LogP contribution in [0.2, 0.25) is 0 Å². The largest absolute Gasteiger partial charge is 0.472 e. The van der Waals surface area contributed by atoms with Gasteiger partial charge in [-0.15, -0.1) is 11.3 Å². The van der Waals surface area contributed by atoms with E-state index in [9.17, 15) is 0 Å². The van der Waals surface area contributed by atoms with Crippen LogP contribution in [0, 0.1) is 6.92 Å². The Bertz CT molecular complexity index is 663. The topological polar surface area (TPSA) is 47.5 Å². The van der Waals surface area contributed by atoms with Crippen LogP contribution in [0.15, 0.2) is 29.9 Å². The van der Waals surface area contributed by atoms with Crippen LogP contribution in [-0.2, 0) is 11.3 Å². The van der Waals surface area contributed by atoms with Crippen molar-refractivity contribution in [3.05, 3.63) is 40.5 Å². The maximum Gasteiger partial charge on any atom is 0.213 e. The van der Waals surface area contributed by atoms with E-state index < -0.39 is 0 Å². The van der Waals surface area contributed by atoms with Crippen molar-refractivity contribution in [3.8, 4) is 5.88 Å². The first kappa shape index (κ1) is 15.1. The minimum atomic E-state index is -0.0436. The standard InChI is InChI=1S/C17H21N3O2S/c1-13-15(23-12-19-13)9-20-7-5-17(11-20)8-14(10-21-17)22-16-4-2-3-6-18-16/h2-4,6,12,14H,5,7-11H2,1H3/t14-,17+/m1/s1. The molecule has 0 amide bonds. The third-order valence-corrected chi connectivity index (χ3v) is 5.63. The molecule has 2 saturated heterocycles. The Kier molecular flexibility index (Phi) is 4.05. The summed E-state index contributed by atoms with van der Waals surface area (Å²) in [4.78, 5) is 12.4. The second-order valence-corrected chi connectivity index (χ2v) is 7.37. The van der Waals surface area contributed by atoms with E-state index in [1.54, 1.807) is 17.5 Å². The minimum Gasteiger partial charge on any atom is -0.472 e. The molecule has 0 unspecified atom stereocenters. The summed E-state index contributed by atoms with van der Waals surface area (Å²) in [5, 5.41) is 0. The average molecular weight is 331 g/mol. The molecule has 0 aliphatic carbocycles. The maximum atomic E-state index is 6.16. The van der Waals surface area contributed by atoms with Crippen LogP contribution in [0.1, 0.15) is 23.4 Å². The molecule has 5 nitrogen and oxygen atoms in total. The molecular weight excluding hydrogens is 310 g/mol. The second kappa shape index (κ2) is 6.19. The predicted molar refractivity (Wildman–Crippen MR) is 88.7 cm³/mol. The van der Waals surface area contributed by atoms with Crippen LogP contribution in [-0.4, -0.2) is 46.3 Å². The number of likely N-dealkylation sites (tertiary alicyclic amines) is 1. The van der Waals surface area contributed by atoms with Crippen LogP contribution < -0.4 is 4.74 Å². The van der Waals surface area contributed by atoms with Crippen molar-refractivity contribution in [2.45, 2.75) is 38.0 Å². The first-order valence-electron chi connectivity index (χ1n) is 8.05. The van der Waals surface area contributed by atoms with Crippen LogP contribution in [0.25, 0.3) is 0 Å². The Labute approximate surface area is 140 Å². The molecule has 2 aromatic rings. The molecule has 2 aromatic heterocycles. The summed E-state index contributed by atoms with van der Waals surface area (Å²) >= 11 is 1.74. The van der Waals surface area contributed by atoms with Gasteiger partial charge in [-0.1, -0.05) is 6.07 Å². The van der Waals surface area contributed by atoms with Gasteiger partial charge in [0.1, 0.15) is 6.10 Å². The van der Waals surface area contributed by atoms with Gasteiger partial charge < -0.3 is 9.47 Å². The van der Waals surface area contributed by atoms with E-state index >= 15 is 0 Å². The maximum absolute atomic E-state index is 6.16. The predicted octanol–water partition coefficient (Wildman–Crippen LogP) is 2.66. The molecule has 4 rings (SSSR count). The van der Waals surface area contributed by atoms with E-state index in [0.717, 1.165) is 38.2 Å². The summed E-state index contributed by atoms with van der Waals surface area (Å²) in [5.41, 5.74) is 3.04. The molecule has 2 aliphatic rings. The molecule has 2 aliphatic heterocycles. The van der Waals surface area contributed by atoms with Gasteiger partial charge in [-0.2, -0.15) is 0 Å². The van der Waals surface area contributed by atoms with Gasteiger partial charge >= 0.3 is 0 Å². The SMILES string of the molecule is Cc1ncsc1CN1CC[C@]2(C[C@@H](Oc3ccccn3)CO2)C1. The van der Waals surface area contributed by atoms with Crippen LogP contribution in [0.3, 0.4) is 0 Å². The van der Waals surface area contributed by atoms with Gasteiger partial charge in [0.2, 0.25) is 5.88 Å². The molecule has 2 atom stereocenters. The second-order valence-electron chi connectivity index (χ2n) is 6.43. The van der Waals surface area contributed by atoms with Crippen molar-refractivity contribution in [2.24, 2.45) is 0 Å². The Morgan fingerprint density at radius 2 is 2.39 bits per heavy atom. The molecule has 122 valence electrons. The number of hydrogen-bond acceptors (Lipinski definition) is 6. The van der Waals surface area contributed by atoms with E-state index in [2.05, 4.69) is 21.8 Å². The highest BCUT2D eigenvalue weighted by Gasteiger charge is 2.46. The first-order valence-corrected chi connectivity index (χ1v) is 8.93. The zero-order chi connectivity index (χ0) is 15.7. The summed E-state index contributed by atoms with van der Waals surface area (Å²) in [5.74, 6) is 0.688. The lowest BCUT2D eigenvalue weighted by Gasteiger charge is -2.23. The molecule has 6 heteroatoms. The lowest BCUT2D eigenvalue weighted by Crippen LogP contribution is -2.33. The van der Waals surface area contributed by atoms with Crippen molar-refractivity contribution in [1.29, 1.82) is 0 Å². The van der Waals surface area contributed by atoms with Gasteiger partial charge in [0.05, 0.1) is 23.4 Å². The highest BCUT2D eigenvalue weighted by Crippen LogP contribution is 2.37. The molecule has 4 heterocycles. The third kappa shape index (κ3) is 3.24. The van der Waals surface area contributed by atoms with Crippen molar-refractivity contribution < 1.29 is 9.47 Å². The minimum absolute atomic E-state index is 0.0436. The van der Waals surface area contributed by atoms with E-state index in [4.69, 9.17) is 9.47 Å². The quantitative estimate of drug-likeness (QED) is 0.862. The van der Waals surface area contributed by atoms with Crippen molar-refractivity contribution in [2.75, 3.05) is 19.7 Å². The van der Waals surface area contributed by atoms with Crippen LogP contribution in [0.5, 0.6) is 5.88 Å². The molecular formula is C17H21N3O2S. The summed E-state index contributed by atoms with van der Waals surface area (Å²) in [6, 6.07) is 5.75. The fraction of sp³-hybridized carbons (Fsp3) is 0.529. The average Bonchev–Trinajstić information content (AvgIpc) is 3.25. The molecule has 0 bridgehead atoms. The number of rotatable bonds is 4. The molecule has 2 fully saturated rings. The van der Waals surface area contributed by atoms with Gasteiger partial charge in [-0.25, -0.2) is 9.97 Å². The highest BCUT2D eigenvalue weighted by molar-refractivity contribution is 7.09. The lowest BCUT2D eigenvalue weighted by molar-refractivity contribution is 0.00928. The Morgan fingerprint density at radius 3 is 3.17 bits per heavy atom. The number of aromatic nitrogens is 2. The van der Waals surface area contributed by atoms with Gasteiger partial charge in [0, 0.05) is 43.2 Å². The summed E-state index contributed by atoms with van der Waals surface area (Å²) in [7, 11) is 0. The van der Waals surface area contributed by atoms with E-state index in [1.807, 2.05) is 23.7 Å². The Hall–Kier alpha value is -1.50. The van der Waals surface area contributed by atoms with Crippen LogP contribution >= 0.6 is 11.3 Å². The normalized spacial score (nSPS) is 27.8. The zero-order valence-electron chi connectivity index (χ0n) is 13.3. The molecule has 0 aromatic carbocycles. The molecule has 0 radical (unpaired) electrons.